The summed E-state index contributed by atoms with van der Waals surface area (Å²) in [7, 11) is 0. The van der Waals surface area contributed by atoms with Gasteiger partial charge in [0.2, 0.25) is 0 Å². The minimum atomic E-state index is -0.377. The van der Waals surface area contributed by atoms with Crippen molar-refractivity contribution in [3.8, 4) is 12.1 Å². The van der Waals surface area contributed by atoms with Crippen LogP contribution in [0.5, 0.6) is 0 Å². The lowest BCUT2D eigenvalue weighted by Crippen LogP contribution is -2.16. The zero-order valence-corrected chi connectivity index (χ0v) is 8.09. The standard InChI is InChI=1S/C12H9N3/c13-6-10-8-15-12(11(10)7-14)9-4-2-1-3-5-9/h1-5,10-11H,8H2/t10-,11+/m0/s1. The first-order valence-electron chi connectivity index (χ1n) is 4.76. The average Bonchev–Trinajstić information content (AvgIpc) is 2.72. The first kappa shape index (κ1) is 9.43. The van der Waals surface area contributed by atoms with Gasteiger partial charge in [0, 0.05) is 0 Å². The van der Waals surface area contributed by atoms with Crippen molar-refractivity contribution >= 4 is 5.71 Å². The largest absolute Gasteiger partial charge is 0.286 e. The summed E-state index contributed by atoms with van der Waals surface area (Å²) >= 11 is 0. The predicted molar refractivity (Wildman–Crippen MR) is 56.1 cm³/mol. The van der Waals surface area contributed by atoms with Gasteiger partial charge < -0.3 is 0 Å². The van der Waals surface area contributed by atoms with Crippen LogP contribution in [0.1, 0.15) is 5.56 Å². The molecule has 0 fully saturated rings. The molecule has 0 saturated heterocycles. The summed E-state index contributed by atoms with van der Waals surface area (Å²) in [5.41, 5.74) is 1.70. The molecule has 2 atom stereocenters. The molecule has 3 heteroatoms. The minimum absolute atomic E-state index is 0.287. The van der Waals surface area contributed by atoms with E-state index in [1.54, 1.807) is 0 Å². The maximum atomic E-state index is 9.02. The van der Waals surface area contributed by atoms with Gasteiger partial charge in [-0.2, -0.15) is 10.5 Å². The van der Waals surface area contributed by atoms with Gasteiger partial charge in [-0.3, -0.25) is 4.99 Å². The van der Waals surface area contributed by atoms with Crippen molar-refractivity contribution in [3.05, 3.63) is 35.9 Å². The van der Waals surface area contributed by atoms with Gasteiger partial charge in [-0.15, -0.1) is 0 Å². The second-order valence-corrected chi connectivity index (χ2v) is 3.43. The fraction of sp³-hybridized carbons (Fsp3) is 0.250. The number of aliphatic imine (C=N–C) groups is 1. The fourth-order valence-electron chi connectivity index (χ4n) is 1.74. The van der Waals surface area contributed by atoms with Gasteiger partial charge in [0.25, 0.3) is 0 Å². The molecule has 72 valence electrons. The molecule has 1 aliphatic heterocycles. The fourth-order valence-corrected chi connectivity index (χ4v) is 1.74. The molecule has 0 radical (unpaired) electrons. The van der Waals surface area contributed by atoms with E-state index in [1.165, 1.54) is 0 Å². The summed E-state index contributed by atoms with van der Waals surface area (Å²) in [4.78, 5) is 4.28. The summed E-state index contributed by atoms with van der Waals surface area (Å²) < 4.78 is 0. The van der Waals surface area contributed by atoms with Crippen LogP contribution in [0.3, 0.4) is 0 Å². The number of hydrogen-bond acceptors (Lipinski definition) is 3. The molecule has 0 saturated carbocycles. The lowest BCUT2D eigenvalue weighted by molar-refractivity contribution is 0.664. The van der Waals surface area contributed by atoms with Crippen LogP contribution in [0.25, 0.3) is 0 Å². The molecule has 0 aliphatic carbocycles. The molecule has 15 heavy (non-hydrogen) atoms. The molecule has 0 N–H and O–H groups in total. The van der Waals surface area contributed by atoms with E-state index in [9.17, 15) is 0 Å². The normalized spacial score (nSPS) is 24.0. The summed E-state index contributed by atoms with van der Waals surface area (Å²) in [5, 5.41) is 17.9. The first-order chi connectivity index (χ1) is 7.36. The van der Waals surface area contributed by atoms with Crippen LogP contribution in [-0.2, 0) is 0 Å². The van der Waals surface area contributed by atoms with Crippen molar-refractivity contribution in [2.75, 3.05) is 6.54 Å². The van der Waals surface area contributed by atoms with E-state index in [2.05, 4.69) is 17.1 Å². The molecule has 3 nitrogen and oxygen atoms in total. The van der Waals surface area contributed by atoms with Crippen molar-refractivity contribution in [1.82, 2.24) is 0 Å². The van der Waals surface area contributed by atoms with Crippen LogP contribution in [-0.4, -0.2) is 12.3 Å². The Morgan fingerprint density at radius 1 is 1.13 bits per heavy atom. The summed E-state index contributed by atoms with van der Waals surface area (Å²) in [6.07, 6.45) is 0. The lowest BCUT2D eigenvalue weighted by Gasteiger charge is -2.07. The molecule has 1 heterocycles. The third-order valence-corrected chi connectivity index (χ3v) is 2.53. The maximum absolute atomic E-state index is 9.02. The first-order valence-corrected chi connectivity index (χ1v) is 4.76. The molecule has 0 bridgehead atoms. The van der Waals surface area contributed by atoms with Gasteiger partial charge in [-0.25, -0.2) is 0 Å². The SMILES string of the molecule is N#C[C@H]1CN=C(c2ccccc2)[C@@H]1C#N. The highest BCUT2D eigenvalue weighted by Gasteiger charge is 2.32. The van der Waals surface area contributed by atoms with Gasteiger partial charge in [0.15, 0.2) is 0 Å². The maximum Gasteiger partial charge on any atom is 0.106 e. The summed E-state index contributed by atoms with van der Waals surface area (Å²) in [6, 6.07) is 13.9. The Bertz CT molecular complexity index is 462. The van der Waals surface area contributed by atoms with E-state index >= 15 is 0 Å². The average molecular weight is 195 g/mol. The lowest BCUT2D eigenvalue weighted by atomic mass is 9.90. The Labute approximate surface area is 88.3 Å². The Morgan fingerprint density at radius 3 is 2.47 bits per heavy atom. The minimum Gasteiger partial charge on any atom is -0.286 e. The molecule has 1 aromatic carbocycles. The molecule has 0 aromatic heterocycles. The summed E-state index contributed by atoms with van der Waals surface area (Å²) in [5.74, 6) is -0.664. The smallest absolute Gasteiger partial charge is 0.106 e. The Hall–Kier alpha value is -2.13. The zero-order valence-electron chi connectivity index (χ0n) is 8.09. The molecular weight excluding hydrogens is 186 g/mol. The van der Waals surface area contributed by atoms with Gasteiger partial charge in [-0.05, 0) is 5.56 Å². The number of nitriles is 2. The van der Waals surface area contributed by atoms with Crippen molar-refractivity contribution in [2.45, 2.75) is 0 Å². The Balaban J connectivity index is 2.34. The molecular formula is C12H9N3. The van der Waals surface area contributed by atoms with Crippen LogP contribution in [0.15, 0.2) is 35.3 Å². The van der Waals surface area contributed by atoms with Crippen molar-refractivity contribution in [1.29, 1.82) is 10.5 Å². The molecule has 1 aromatic rings. The third kappa shape index (κ3) is 1.60. The van der Waals surface area contributed by atoms with Gasteiger partial charge >= 0.3 is 0 Å². The topological polar surface area (TPSA) is 59.9 Å². The number of benzene rings is 1. The van der Waals surface area contributed by atoms with E-state index in [1.807, 2.05) is 30.3 Å². The van der Waals surface area contributed by atoms with Crippen LogP contribution in [0.2, 0.25) is 0 Å². The molecule has 2 rings (SSSR count). The highest BCUT2D eigenvalue weighted by atomic mass is 14.8. The molecule has 0 spiro atoms. The van der Waals surface area contributed by atoms with E-state index in [0.717, 1.165) is 11.3 Å². The van der Waals surface area contributed by atoms with Crippen molar-refractivity contribution in [3.63, 3.8) is 0 Å². The van der Waals surface area contributed by atoms with Gasteiger partial charge in [-0.1, -0.05) is 30.3 Å². The second-order valence-electron chi connectivity index (χ2n) is 3.43. The zero-order chi connectivity index (χ0) is 10.7. The highest BCUT2D eigenvalue weighted by Crippen LogP contribution is 2.24. The van der Waals surface area contributed by atoms with E-state index < -0.39 is 0 Å². The van der Waals surface area contributed by atoms with Crippen LogP contribution in [0.4, 0.5) is 0 Å². The van der Waals surface area contributed by atoms with Crippen LogP contribution >= 0.6 is 0 Å². The quantitative estimate of drug-likeness (QED) is 0.685. The van der Waals surface area contributed by atoms with Crippen LogP contribution in [0, 0.1) is 34.5 Å². The Kier molecular flexibility index (Phi) is 2.48. The second kappa shape index (κ2) is 3.94. The molecule has 1 aliphatic rings. The van der Waals surface area contributed by atoms with E-state index in [-0.39, 0.29) is 11.8 Å². The number of hydrogen-bond donors (Lipinski definition) is 0. The summed E-state index contributed by atoms with van der Waals surface area (Å²) in [6.45, 7) is 0.443. The molecule has 0 amide bonds. The van der Waals surface area contributed by atoms with E-state index in [0.29, 0.717) is 6.54 Å². The molecule has 0 unspecified atom stereocenters. The van der Waals surface area contributed by atoms with Crippen LogP contribution < -0.4 is 0 Å². The number of rotatable bonds is 1. The number of nitrogens with zero attached hydrogens (tertiary/aromatic N) is 3. The van der Waals surface area contributed by atoms with Gasteiger partial charge in [0.1, 0.15) is 5.92 Å². The third-order valence-electron chi connectivity index (χ3n) is 2.53. The monoisotopic (exact) mass is 195 g/mol. The predicted octanol–water partition coefficient (Wildman–Crippen LogP) is 1.77. The highest BCUT2D eigenvalue weighted by molar-refractivity contribution is 6.05. The van der Waals surface area contributed by atoms with Crippen molar-refractivity contribution < 1.29 is 0 Å². The van der Waals surface area contributed by atoms with Crippen molar-refractivity contribution in [2.24, 2.45) is 16.8 Å². The Morgan fingerprint density at radius 2 is 1.87 bits per heavy atom. The van der Waals surface area contributed by atoms with E-state index in [4.69, 9.17) is 10.5 Å². The van der Waals surface area contributed by atoms with Gasteiger partial charge in [0.05, 0.1) is 30.3 Å².